The van der Waals surface area contributed by atoms with Crippen molar-refractivity contribution in [2.75, 3.05) is 13.2 Å². The molecular weight excluding hydrogens is 272 g/mol. The zero-order valence-corrected chi connectivity index (χ0v) is 11.9. The molecule has 0 unspecified atom stereocenters. The number of rotatable bonds is 1. The van der Waals surface area contributed by atoms with Gasteiger partial charge in [-0.3, -0.25) is 0 Å². The molecule has 3 aromatic rings. The van der Waals surface area contributed by atoms with Gasteiger partial charge in [-0.1, -0.05) is 0 Å². The number of H-pyrrole nitrogens is 1. The first kappa shape index (κ1) is 11.8. The van der Waals surface area contributed by atoms with Gasteiger partial charge in [-0.15, -0.1) is 0 Å². The minimum absolute atomic E-state index is 0.694. The van der Waals surface area contributed by atoms with Crippen LogP contribution in [0.25, 0.3) is 22.4 Å². The average Bonchev–Trinajstić information content (AvgIpc) is 2.96. The summed E-state index contributed by atoms with van der Waals surface area (Å²) < 4.78 is 11.4. The van der Waals surface area contributed by atoms with E-state index in [9.17, 15) is 0 Å². The molecule has 2 aromatic heterocycles. The van der Waals surface area contributed by atoms with E-state index in [1.165, 1.54) is 5.56 Å². The summed E-state index contributed by atoms with van der Waals surface area (Å²) in [6.07, 6.45) is 0.912. The highest BCUT2D eigenvalue weighted by molar-refractivity contribution is 7.08. The maximum atomic E-state index is 5.71. The molecule has 20 heavy (non-hydrogen) atoms. The maximum Gasteiger partial charge on any atom is 0.163 e. The third-order valence-corrected chi connectivity index (χ3v) is 4.32. The molecular formula is C15H14N2O2S. The Balaban J connectivity index is 1.86. The number of hydrogen-bond donors (Lipinski definition) is 1. The number of imidazole rings is 1. The fourth-order valence-corrected chi connectivity index (χ4v) is 3.23. The first-order chi connectivity index (χ1) is 9.81. The quantitative estimate of drug-likeness (QED) is 0.741. The Morgan fingerprint density at radius 2 is 1.95 bits per heavy atom. The molecule has 4 nitrogen and oxygen atoms in total. The monoisotopic (exact) mass is 286 g/mol. The van der Waals surface area contributed by atoms with Gasteiger partial charge in [0, 0.05) is 29.5 Å². The lowest BCUT2D eigenvalue weighted by molar-refractivity contribution is 0.297. The van der Waals surface area contributed by atoms with E-state index >= 15 is 0 Å². The van der Waals surface area contributed by atoms with Crippen molar-refractivity contribution in [2.45, 2.75) is 13.3 Å². The fourth-order valence-electron chi connectivity index (χ4n) is 2.40. The van der Waals surface area contributed by atoms with Crippen LogP contribution in [0.5, 0.6) is 11.5 Å². The number of benzene rings is 1. The van der Waals surface area contributed by atoms with Crippen LogP contribution in [0.15, 0.2) is 22.9 Å². The van der Waals surface area contributed by atoms with Crippen LogP contribution < -0.4 is 9.47 Å². The van der Waals surface area contributed by atoms with Crippen LogP contribution in [0.2, 0.25) is 0 Å². The van der Waals surface area contributed by atoms with E-state index in [1.807, 2.05) is 12.1 Å². The molecule has 3 heterocycles. The lowest BCUT2D eigenvalue weighted by Crippen LogP contribution is -1.97. The van der Waals surface area contributed by atoms with Crippen LogP contribution in [0, 0.1) is 6.92 Å². The van der Waals surface area contributed by atoms with Crippen LogP contribution in [0.4, 0.5) is 0 Å². The van der Waals surface area contributed by atoms with E-state index in [0.717, 1.165) is 40.3 Å². The van der Waals surface area contributed by atoms with Crippen LogP contribution in [-0.4, -0.2) is 23.2 Å². The molecule has 5 heteroatoms. The van der Waals surface area contributed by atoms with Crippen molar-refractivity contribution >= 4 is 22.4 Å². The van der Waals surface area contributed by atoms with Gasteiger partial charge in [0.25, 0.3) is 0 Å². The number of nitrogens with one attached hydrogen (secondary N) is 1. The third-order valence-electron chi connectivity index (χ3n) is 3.46. The first-order valence-electron chi connectivity index (χ1n) is 6.64. The van der Waals surface area contributed by atoms with Gasteiger partial charge >= 0.3 is 0 Å². The molecule has 0 fully saturated rings. The Morgan fingerprint density at radius 3 is 2.70 bits per heavy atom. The number of hydrogen-bond acceptors (Lipinski definition) is 4. The van der Waals surface area contributed by atoms with E-state index in [-0.39, 0.29) is 0 Å². The lowest BCUT2D eigenvalue weighted by Gasteiger charge is -2.05. The highest BCUT2D eigenvalue weighted by Gasteiger charge is 2.15. The van der Waals surface area contributed by atoms with E-state index in [2.05, 4.69) is 27.7 Å². The minimum atomic E-state index is 0.694. The van der Waals surface area contributed by atoms with Crippen LogP contribution in [-0.2, 0) is 0 Å². The number of fused-ring (bicyclic) bond motifs is 2. The van der Waals surface area contributed by atoms with E-state index in [0.29, 0.717) is 13.2 Å². The molecule has 0 saturated heterocycles. The van der Waals surface area contributed by atoms with Gasteiger partial charge in [-0.25, -0.2) is 4.98 Å². The molecule has 0 spiro atoms. The average molecular weight is 286 g/mol. The number of aromatic amines is 1. The molecule has 0 saturated carbocycles. The van der Waals surface area contributed by atoms with Gasteiger partial charge in [0.15, 0.2) is 11.5 Å². The van der Waals surface area contributed by atoms with Crippen molar-refractivity contribution in [3.05, 3.63) is 28.5 Å². The summed E-state index contributed by atoms with van der Waals surface area (Å²) in [7, 11) is 0. The summed E-state index contributed by atoms with van der Waals surface area (Å²) in [4.78, 5) is 8.04. The summed E-state index contributed by atoms with van der Waals surface area (Å²) in [6, 6.07) is 3.94. The Kier molecular flexibility index (Phi) is 2.67. The summed E-state index contributed by atoms with van der Waals surface area (Å²) >= 11 is 1.69. The minimum Gasteiger partial charge on any atom is -0.489 e. The summed E-state index contributed by atoms with van der Waals surface area (Å²) in [5.41, 5.74) is 4.29. The second-order valence-electron chi connectivity index (χ2n) is 4.92. The van der Waals surface area contributed by atoms with Gasteiger partial charge < -0.3 is 14.5 Å². The highest BCUT2D eigenvalue weighted by Crippen LogP contribution is 2.35. The predicted molar refractivity (Wildman–Crippen MR) is 79.8 cm³/mol. The van der Waals surface area contributed by atoms with Crippen LogP contribution in [0.1, 0.15) is 12.0 Å². The molecule has 1 N–H and O–H groups in total. The molecule has 0 atom stereocenters. The fraction of sp³-hybridized carbons (Fsp3) is 0.267. The van der Waals surface area contributed by atoms with Crippen molar-refractivity contribution < 1.29 is 9.47 Å². The Labute approximate surface area is 120 Å². The molecule has 0 aliphatic carbocycles. The molecule has 0 bridgehead atoms. The zero-order chi connectivity index (χ0) is 13.5. The Morgan fingerprint density at radius 1 is 1.15 bits per heavy atom. The van der Waals surface area contributed by atoms with Gasteiger partial charge in [0.2, 0.25) is 0 Å². The lowest BCUT2D eigenvalue weighted by atomic mass is 10.2. The standard InChI is InChI=1S/C15H14N2O2S/c1-9-7-20-8-10(9)15-16-11-5-13-14(6-12(11)17-15)19-4-2-3-18-13/h5-8H,2-4H2,1H3,(H,16,17). The second kappa shape index (κ2) is 4.52. The summed E-state index contributed by atoms with van der Waals surface area (Å²) in [6.45, 7) is 3.49. The largest absolute Gasteiger partial charge is 0.489 e. The van der Waals surface area contributed by atoms with Crippen LogP contribution in [0.3, 0.4) is 0 Å². The van der Waals surface area contributed by atoms with E-state index in [1.54, 1.807) is 11.3 Å². The van der Waals surface area contributed by atoms with Crippen molar-refractivity contribution in [3.8, 4) is 22.9 Å². The Hall–Kier alpha value is -2.01. The smallest absolute Gasteiger partial charge is 0.163 e. The number of thiophene rings is 1. The summed E-state index contributed by atoms with van der Waals surface area (Å²) in [5.74, 6) is 2.49. The Bertz CT molecular complexity index is 732. The van der Waals surface area contributed by atoms with Crippen molar-refractivity contribution in [1.29, 1.82) is 0 Å². The molecule has 0 radical (unpaired) electrons. The number of nitrogens with zero attached hydrogens (tertiary/aromatic N) is 1. The van der Waals surface area contributed by atoms with Gasteiger partial charge in [0.05, 0.1) is 24.2 Å². The van der Waals surface area contributed by atoms with Crippen molar-refractivity contribution in [3.63, 3.8) is 0 Å². The normalized spacial score (nSPS) is 14.4. The van der Waals surface area contributed by atoms with Gasteiger partial charge in [0.1, 0.15) is 5.82 Å². The molecule has 102 valence electrons. The SMILES string of the molecule is Cc1cscc1-c1nc2cc3c(cc2[nH]1)OCCCO3. The predicted octanol–water partition coefficient (Wildman–Crippen LogP) is 3.76. The number of aromatic nitrogens is 2. The highest BCUT2D eigenvalue weighted by atomic mass is 32.1. The first-order valence-corrected chi connectivity index (χ1v) is 7.58. The maximum absolute atomic E-state index is 5.71. The summed E-state index contributed by atoms with van der Waals surface area (Å²) in [5, 5.41) is 4.24. The number of aryl methyl sites for hydroxylation is 1. The zero-order valence-electron chi connectivity index (χ0n) is 11.1. The molecule has 1 aromatic carbocycles. The molecule has 4 rings (SSSR count). The van der Waals surface area contributed by atoms with E-state index < -0.39 is 0 Å². The van der Waals surface area contributed by atoms with Crippen molar-refractivity contribution in [2.24, 2.45) is 0 Å². The van der Waals surface area contributed by atoms with Gasteiger partial charge in [-0.2, -0.15) is 11.3 Å². The topological polar surface area (TPSA) is 47.1 Å². The van der Waals surface area contributed by atoms with E-state index in [4.69, 9.17) is 9.47 Å². The molecule has 0 amide bonds. The van der Waals surface area contributed by atoms with Crippen molar-refractivity contribution in [1.82, 2.24) is 9.97 Å². The third kappa shape index (κ3) is 1.86. The van der Waals surface area contributed by atoms with Crippen LogP contribution >= 0.6 is 11.3 Å². The second-order valence-corrected chi connectivity index (χ2v) is 5.66. The van der Waals surface area contributed by atoms with Gasteiger partial charge in [-0.05, 0) is 17.9 Å². The molecule has 1 aliphatic heterocycles. The molecule has 1 aliphatic rings. The number of ether oxygens (including phenoxy) is 2.